The van der Waals surface area contributed by atoms with Crippen LogP contribution in [0.3, 0.4) is 0 Å². The van der Waals surface area contributed by atoms with Gasteiger partial charge in [0.15, 0.2) is 0 Å². The van der Waals surface area contributed by atoms with Gasteiger partial charge >= 0.3 is 0 Å². The normalized spacial score (nSPS) is 12.1. The Morgan fingerprint density at radius 2 is 1.88 bits per heavy atom. The number of hydrogen-bond donors (Lipinski definition) is 1. The highest BCUT2D eigenvalue weighted by atomic mass is 28.3. The minimum Gasteiger partial charge on any atom is -0.508 e. The molecule has 0 aliphatic rings. The van der Waals surface area contributed by atoms with E-state index in [2.05, 4.69) is 33.9 Å². The maximum Gasteiger partial charge on any atom is 0.205 e. The van der Waals surface area contributed by atoms with Crippen LogP contribution < -0.4 is 0 Å². The average molecular weight is 237 g/mol. The van der Waals surface area contributed by atoms with Crippen LogP contribution in [0, 0.1) is 0 Å². The Kier molecular flexibility index (Phi) is 4.16. The van der Waals surface area contributed by atoms with Crippen LogP contribution in [0.1, 0.15) is 31.9 Å². The molecule has 16 heavy (non-hydrogen) atoms. The van der Waals surface area contributed by atoms with E-state index in [0.717, 1.165) is 5.56 Å². The van der Waals surface area contributed by atoms with Crippen LogP contribution in [0.4, 0.5) is 0 Å². The Morgan fingerprint density at radius 1 is 1.25 bits per heavy atom. The van der Waals surface area contributed by atoms with Crippen molar-refractivity contribution in [1.29, 1.82) is 0 Å². The van der Waals surface area contributed by atoms with Gasteiger partial charge in [-0.2, -0.15) is 0 Å². The van der Waals surface area contributed by atoms with Crippen molar-refractivity contribution < 1.29 is 9.53 Å². The fourth-order valence-electron chi connectivity index (χ4n) is 1.39. The molecule has 1 radical (unpaired) electrons. The lowest BCUT2D eigenvalue weighted by molar-refractivity contribution is 0.306. The van der Waals surface area contributed by atoms with E-state index in [-0.39, 0.29) is 5.41 Å². The highest BCUT2D eigenvalue weighted by Gasteiger charge is 2.15. The molecule has 0 bridgehead atoms. The fraction of sp³-hybridized carbons (Fsp3) is 0.538. The first kappa shape index (κ1) is 13.3. The largest absolute Gasteiger partial charge is 0.508 e. The first-order chi connectivity index (χ1) is 7.30. The van der Waals surface area contributed by atoms with Gasteiger partial charge in [-0.15, -0.1) is 0 Å². The van der Waals surface area contributed by atoms with E-state index in [4.69, 9.17) is 4.43 Å². The van der Waals surface area contributed by atoms with Crippen LogP contribution in [0.15, 0.2) is 18.2 Å². The van der Waals surface area contributed by atoms with Crippen molar-refractivity contribution in [3.05, 3.63) is 29.3 Å². The first-order valence-electron chi connectivity index (χ1n) is 5.56. The van der Waals surface area contributed by atoms with Crippen molar-refractivity contribution in [3.63, 3.8) is 0 Å². The van der Waals surface area contributed by atoms with Crippen LogP contribution in [-0.2, 0) is 16.4 Å². The van der Waals surface area contributed by atoms with E-state index in [9.17, 15) is 5.11 Å². The van der Waals surface area contributed by atoms with Gasteiger partial charge in [-0.1, -0.05) is 26.8 Å². The number of phenolic OH excluding ortho intramolecular Hbond substituents is 1. The smallest absolute Gasteiger partial charge is 0.205 e. The van der Waals surface area contributed by atoms with Crippen molar-refractivity contribution in [2.45, 2.75) is 45.9 Å². The van der Waals surface area contributed by atoms with Gasteiger partial charge in [-0.3, -0.25) is 0 Å². The Bertz CT molecular complexity index is 353. The Labute approximate surface area is 100.0 Å². The summed E-state index contributed by atoms with van der Waals surface area (Å²) in [7, 11) is -0.708. The molecule has 89 valence electrons. The lowest BCUT2D eigenvalue weighted by atomic mass is 9.86. The van der Waals surface area contributed by atoms with Crippen LogP contribution in [-0.4, -0.2) is 14.1 Å². The maximum atomic E-state index is 9.74. The van der Waals surface area contributed by atoms with Crippen LogP contribution in [0.25, 0.3) is 0 Å². The van der Waals surface area contributed by atoms with E-state index >= 15 is 0 Å². The molecule has 2 nitrogen and oxygen atoms in total. The van der Waals surface area contributed by atoms with Crippen LogP contribution >= 0.6 is 0 Å². The predicted octanol–water partition coefficient (Wildman–Crippen LogP) is 3.46. The van der Waals surface area contributed by atoms with E-state index in [1.807, 2.05) is 12.1 Å². The van der Waals surface area contributed by atoms with Crippen LogP contribution in [0.5, 0.6) is 5.75 Å². The summed E-state index contributed by atoms with van der Waals surface area (Å²) in [6, 6.07) is 5.78. The number of rotatable bonds is 3. The summed E-state index contributed by atoms with van der Waals surface area (Å²) in [5.41, 5.74) is 2.22. The SMILES string of the molecule is C[Si](C)OCc1cc(C(C)(C)C)ccc1O. The molecule has 0 spiro atoms. The average Bonchev–Trinajstić information content (AvgIpc) is 2.14. The van der Waals surface area contributed by atoms with E-state index in [0.29, 0.717) is 12.4 Å². The van der Waals surface area contributed by atoms with Gasteiger partial charge < -0.3 is 9.53 Å². The zero-order chi connectivity index (χ0) is 12.3. The third-order valence-corrected chi connectivity index (χ3v) is 3.18. The molecule has 3 heteroatoms. The van der Waals surface area contributed by atoms with Gasteiger partial charge in [0, 0.05) is 5.56 Å². The third-order valence-electron chi connectivity index (χ3n) is 2.46. The molecule has 0 amide bonds. The van der Waals surface area contributed by atoms with Gasteiger partial charge in [0.1, 0.15) is 5.75 Å². The molecule has 1 N–H and O–H groups in total. The second-order valence-corrected chi connectivity index (χ2v) is 7.40. The molecule has 0 aliphatic heterocycles. The summed E-state index contributed by atoms with van der Waals surface area (Å²) in [4.78, 5) is 0. The van der Waals surface area contributed by atoms with Gasteiger partial charge in [0.05, 0.1) is 6.61 Å². The summed E-state index contributed by atoms with van der Waals surface area (Å²) >= 11 is 0. The first-order valence-corrected chi connectivity index (χ1v) is 7.97. The Morgan fingerprint density at radius 3 is 2.38 bits per heavy atom. The van der Waals surface area contributed by atoms with E-state index < -0.39 is 9.04 Å². The third kappa shape index (κ3) is 3.65. The highest BCUT2D eigenvalue weighted by molar-refractivity contribution is 6.48. The number of aromatic hydroxyl groups is 1. The van der Waals surface area contributed by atoms with Crippen molar-refractivity contribution in [2.24, 2.45) is 0 Å². The van der Waals surface area contributed by atoms with Gasteiger partial charge in [0.25, 0.3) is 0 Å². The summed E-state index contributed by atoms with van der Waals surface area (Å²) in [6.07, 6.45) is 0. The van der Waals surface area contributed by atoms with Crippen molar-refractivity contribution in [2.75, 3.05) is 0 Å². The molecule has 1 rings (SSSR count). The summed E-state index contributed by atoms with van der Waals surface area (Å²) in [5.74, 6) is 0.330. The molecule has 0 fully saturated rings. The molecular weight excluding hydrogens is 216 g/mol. The highest BCUT2D eigenvalue weighted by Crippen LogP contribution is 2.27. The molecule has 1 aromatic rings. The van der Waals surface area contributed by atoms with Crippen molar-refractivity contribution >= 4 is 9.04 Å². The van der Waals surface area contributed by atoms with Crippen LogP contribution in [0.2, 0.25) is 13.1 Å². The minimum atomic E-state index is -0.708. The maximum absolute atomic E-state index is 9.74. The minimum absolute atomic E-state index is 0.106. The molecule has 0 saturated carbocycles. The molecule has 0 aliphatic carbocycles. The van der Waals surface area contributed by atoms with Crippen molar-refractivity contribution in [1.82, 2.24) is 0 Å². The van der Waals surface area contributed by atoms with E-state index in [1.54, 1.807) is 6.07 Å². The Balaban J connectivity index is 2.91. The summed E-state index contributed by atoms with van der Waals surface area (Å²) in [6.45, 7) is 11.2. The zero-order valence-corrected chi connectivity index (χ0v) is 11.8. The van der Waals surface area contributed by atoms with Gasteiger partial charge in [-0.05, 0) is 36.2 Å². The Hall–Kier alpha value is -0.803. The second kappa shape index (κ2) is 5.02. The molecule has 0 atom stereocenters. The fourth-order valence-corrected chi connectivity index (χ4v) is 1.83. The molecule has 0 saturated heterocycles. The van der Waals surface area contributed by atoms with Gasteiger partial charge in [-0.25, -0.2) is 0 Å². The number of hydrogen-bond acceptors (Lipinski definition) is 2. The number of benzene rings is 1. The standard InChI is InChI=1S/C13H21O2Si/c1-13(2,3)11-6-7-12(14)10(8-11)9-15-16(4)5/h6-8,14H,9H2,1-5H3. The zero-order valence-electron chi connectivity index (χ0n) is 10.8. The van der Waals surface area contributed by atoms with E-state index in [1.165, 1.54) is 5.56 Å². The molecule has 0 aromatic heterocycles. The molecule has 1 aromatic carbocycles. The topological polar surface area (TPSA) is 29.5 Å². The predicted molar refractivity (Wildman–Crippen MR) is 69.1 cm³/mol. The summed E-state index contributed by atoms with van der Waals surface area (Å²) < 4.78 is 5.62. The lowest BCUT2D eigenvalue weighted by Gasteiger charge is -2.20. The van der Waals surface area contributed by atoms with Crippen molar-refractivity contribution in [3.8, 4) is 5.75 Å². The van der Waals surface area contributed by atoms with Gasteiger partial charge in [0.2, 0.25) is 9.04 Å². The molecular formula is C13H21O2Si. The monoisotopic (exact) mass is 237 g/mol. The summed E-state index contributed by atoms with van der Waals surface area (Å²) in [5, 5.41) is 9.74. The number of phenols is 1. The second-order valence-electron chi connectivity index (χ2n) is 5.29. The quantitative estimate of drug-likeness (QED) is 0.816. The molecule has 0 unspecified atom stereocenters. The lowest BCUT2D eigenvalue weighted by Crippen LogP contribution is -2.12. The molecule has 0 heterocycles.